The third kappa shape index (κ3) is 2.94. The number of aliphatic hydroxyl groups excluding tert-OH is 1. The fraction of sp³-hybridized carbons (Fsp3) is 0.615. The molecular formula is C13H20ClN3O. The van der Waals surface area contributed by atoms with Crippen LogP contribution >= 0.6 is 11.6 Å². The maximum absolute atomic E-state index is 9.18. The number of piperidine rings is 1. The van der Waals surface area contributed by atoms with E-state index in [0.29, 0.717) is 16.8 Å². The zero-order valence-electron chi connectivity index (χ0n) is 10.9. The van der Waals surface area contributed by atoms with Gasteiger partial charge in [0.05, 0.1) is 17.3 Å². The van der Waals surface area contributed by atoms with E-state index < -0.39 is 0 Å². The lowest BCUT2D eigenvalue weighted by molar-refractivity contribution is 0.249. The Labute approximate surface area is 113 Å². The van der Waals surface area contributed by atoms with Gasteiger partial charge in [0.25, 0.3) is 0 Å². The number of halogens is 1. The molecule has 0 aliphatic carbocycles. The highest BCUT2D eigenvalue weighted by Crippen LogP contribution is 2.23. The van der Waals surface area contributed by atoms with E-state index in [9.17, 15) is 5.11 Å². The second-order valence-corrected chi connectivity index (χ2v) is 5.35. The average Bonchev–Trinajstić information content (AvgIpc) is 2.39. The van der Waals surface area contributed by atoms with Gasteiger partial charge in [-0.15, -0.1) is 0 Å². The van der Waals surface area contributed by atoms with E-state index in [1.54, 1.807) is 0 Å². The van der Waals surface area contributed by atoms with Crippen molar-refractivity contribution in [2.45, 2.75) is 25.5 Å². The number of hydrogen-bond acceptors (Lipinski definition) is 4. The zero-order valence-corrected chi connectivity index (χ0v) is 11.7. The van der Waals surface area contributed by atoms with Crippen LogP contribution in [0.1, 0.15) is 18.5 Å². The molecule has 1 N–H and O–H groups in total. The molecule has 2 rings (SSSR count). The lowest BCUT2D eigenvalue weighted by Crippen LogP contribution is -2.42. The van der Waals surface area contributed by atoms with Gasteiger partial charge in [-0.3, -0.25) is 0 Å². The number of pyridine rings is 1. The minimum Gasteiger partial charge on any atom is -0.390 e. The lowest BCUT2D eigenvalue weighted by Gasteiger charge is -2.36. The van der Waals surface area contributed by atoms with Gasteiger partial charge in [0.1, 0.15) is 5.82 Å². The number of hydrogen-bond donors (Lipinski definition) is 1. The Morgan fingerprint density at radius 1 is 1.39 bits per heavy atom. The van der Waals surface area contributed by atoms with Crippen molar-refractivity contribution in [1.82, 2.24) is 9.88 Å². The van der Waals surface area contributed by atoms with Crippen LogP contribution in [0.5, 0.6) is 0 Å². The maximum atomic E-state index is 9.18. The summed E-state index contributed by atoms with van der Waals surface area (Å²) in [6.07, 6.45) is 2.29. The van der Waals surface area contributed by atoms with Gasteiger partial charge in [-0.2, -0.15) is 0 Å². The van der Waals surface area contributed by atoms with Crippen molar-refractivity contribution in [3.8, 4) is 0 Å². The molecule has 1 aliphatic rings. The van der Waals surface area contributed by atoms with Gasteiger partial charge >= 0.3 is 0 Å². The molecule has 0 atom stereocenters. The van der Waals surface area contributed by atoms with Crippen LogP contribution in [0.2, 0.25) is 5.02 Å². The third-order valence-electron chi connectivity index (χ3n) is 3.57. The van der Waals surface area contributed by atoms with Gasteiger partial charge in [0, 0.05) is 19.1 Å². The monoisotopic (exact) mass is 269 g/mol. The molecule has 2 heterocycles. The molecule has 0 bridgehead atoms. The molecule has 0 radical (unpaired) electrons. The number of aliphatic hydroxyl groups is 1. The van der Waals surface area contributed by atoms with Crippen molar-refractivity contribution in [3.05, 3.63) is 22.8 Å². The molecule has 100 valence electrons. The highest BCUT2D eigenvalue weighted by molar-refractivity contribution is 6.31. The van der Waals surface area contributed by atoms with E-state index in [1.165, 1.54) is 0 Å². The van der Waals surface area contributed by atoms with Crippen molar-refractivity contribution in [2.75, 3.05) is 32.1 Å². The first-order valence-corrected chi connectivity index (χ1v) is 6.67. The Morgan fingerprint density at radius 3 is 2.61 bits per heavy atom. The summed E-state index contributed by atoms with van der Waals surface area (Å²) in [6.45, 7) is 1.89. The van der Waals surface area contributed by atoms with Crippen LogP contribution in [0.4, 0.5) is 5.82 Å². The Hall–Kier alpha value is -0.840. The van der Waals surface area contributed by atoms with Gasteiger partial charge in [0.2, 0.25) is 0 Å². The molecular weight excluding hydrogens is 250 g/mol. The molecule has 4 nitrogen and oxygen atoms in total. The van der Waals surface area contributed by atoms with Crippen molar-refractivity contribution >= 4 is 17.4 Å². The maximum Gasteiger partial charge on any atom is 0.129 e. The Kier molecular flexibility index (Phi) is 4.43. The van der Waals surface area contributed by atoms with E-state index >= 15 is 0 Å². The summed E-state index contributed by atoms with van der Waals surface area (Å²) in [7, 11) is 4.26. The van der Waals surface area contributed by atoms with Crippen LogP contribution in [0, 0.1) is 0 Å². The summed E-state index contributed by atoms with van der Waals surface area (Å²) in [4.78, 5) is 8.96. The SMILES string of the molecule is CN(C)C1CCN(c2ccc(Cl)c(CO)n2)CC1. The fourth-order valence-corrected chi connectivity index (χ4v) is 2.54. The molecule has 0 aromatic carbocycles. The van der Waals surface area contributed by atoms with E-state index in [-0.39, 0.29) is 6.61 Å². The Balaban J connectivity index is 2.05. The lowest BCUT2D eigenvalue weighted by atomic mass is 10.0. The largest absolute Gasteiger partial charge is 0.390 e. The third-order valence-corrected chi connectivity index (χ3v) is 3.92. The second kappa shape index (κ2) is 5.87. The van der Waals surface area contributed by atoms with Gasteiger partial charge in [-0.25, -0.2) is 4.98 Å². The highest BCUT2D eigenvalue weighted by atomic mass is 35.5. The van der Waals surface area contributed by atoms with Gasteiger partial charge in [-0.1, -0.05) is 11.6 Å². The molecule has 1 aromatic rings. The standard InChI is InChI=1S/C13H20ClN3O/c1-16(2)10-5-7-17(8-6-10)13-4-3-11(14)12(9-18)15-13/h3-4,10,18H,5-9H2,1-2H3. The van der Waals surface area contributed by atoms with Crippen LogP contribution in [0.15, 0.2) is 12.1 Å². The summed E-state index contributed by atoms with van der Waals surface area (Å²) in [6, 6.07) is 4.40. The molecule has 0 spiro atoms. The van der Waals surface area contributed by atoms with Gasteiger partial charge in [-0.05, 0) is 39.1 Å². The van der Waals surface area contributed by atoms with Crippen molar-refractivity contribution in [3.63, 3.8) is 0 Å². The zero-order chi connectivity index (χ0) is 13.1. The van der Waals surface area contributed by atoms with Crippen LogP contribution in [-0.2, 0) is 6.61 Å². The predicted molar refractivity (Wildman–Crippen MR) is 74.1 cm³/mol. The summed E-state index contributed by atoms with van der Waals surface area (Å²) in [5.41, 5.74) is 0.559. The van der Waals surface area contributed by atoms with E-state index in [4.69, 9.17) is 11.6 Å². The summed E-state index contributed by atoms with van der Waals surface area (Å²) >= 11 is 5.95. The summed E-state index contributed by atoms with van der Waals surface area (Å²) in [5, 5.41) is 9.72. The average molecular weight is 270 g/mol. The molecule has 1 saturated heterocycles. The molecule has 1 aromatic heterocycles. The smallest absolute Gasteiger partial charge is 0.129 e. The minimum absolute atomic E-state index is 0.110. The van der Waals surface area contributed by atoms with Crippen LogP contribution < -0.4 is 4.90 Å². The van der Waals surface area contributed by atoms with Gasteiger partial charge in [0.15, 0.2) is 0 Å². The van der Waals surface area contributed by atoms with E-state index in [0.717, 1.165) is 31.7 Å². The first-order chi connectivity index (χ1) is 8.61. The van der Waals surface area contributed by atoms with Crippen LogP contribution in [-0.4, -0.2) is 48.2 Å². The minimum atomic E-state index is -0.110. The molecule has 0 amide bonds. The topological polar surface area (TPSA) is 39.6 Å². The van der Waals surface area contributed by atoms with Gasteiger partial charge < -0.3 is 14.9 Å². The molecule has 18 heavy (non-hydrogen) atoms. The summed E-state index contributed by atoms with van der Waals surface area (Å²) < 4.78 is 0. The second-order valence-electron chi connectivity index (χ2n) is 4.94. The van der Waals surface area contributed by atoms with Crippen molar-refractivity contribution in [1.29, 1.82) is 0 Å². The first-order valence-electron chi connectivity index (χ1n) is 6.29. The first kappa shape index (κ1) is 13.6. The number of rotatable bonds is 3. The van der Waals surface area contributed by atoms with Crippen LogP contribution in [0.3, 0.4) is 0 Å². The number of aromatic nitrogens is 1. The Bertz CT molecular complexity index is 403. The molecule has 1 aliphatic heterocycles. The molecule has 5 heteroatoms. The Morgan fingerprint density at radius 2 is 2.06 bits per heavy atom. The highest BCUT2D eigenvalue weighted by Gasteiger charge is 2.21. The molecule has 0 unspecified atom stereocenters. The summed E-state index contributed by atoms with van der Waals surface area (Å²) in [5.74, 6) is 0.917. The van der Waals surface area contributed by atoms with Crippen molar-refractivity contribution in [2.24, 2.45) is 0 Å². The molecule has 0 saturated carbocycles. The predicted octanol–water partition coefficient (Wildman–Crippen LogP) is 1.76. The van der Waals surface area contributed by atoms with E-state index in [2.05, 4.69) is 28.9 Å². The quantitative estimate of drug-likeness (QED) is 0.908. The normalized spacial score (nSPS) is 17.5. The fourth-order valence-electron chi connectivity index (χ4n) is 2.37. The number of anilines is 1. The van der Waals surface area contributed by atoms with E-state index in [1.807, 2.05) is 12.1 Å². The molecule has 1 fully saturated rings. The number of nitrogens with zero attached hydrogens (tertiary/aromatic N) is 3. The van der Waals surface area contributed by atoms with Crippen LogP contribution in [0.25, 0.3) is 0 Å². The van der Waals surface area contributed by atoms with Crippen molar-refractivity contribution < 1.29 is 5.11 Å².